The molecular weight excluding hydrogens is 510 g/mol. The van der Waals surface area contributed by atoms with E-state index in [0.29, 0.717) is 45.9 Å². The second kappa shape index (κ2) is 12.0. The van der Waals surface area contributed by atoms with E-state index in [1.807, 2.05) is 26.0 Å². The molecule has 0 fully saturated rings. The highest BCUT2D eigenvalue weighted by Crippen LogP contribution is 2.29. The molecule has 2 amide bonds. The zero-order chi connectivity index (χ0) is 28.8. The molecule has 4 rings (SSSR count). The van der Waals surface area contributed by atoms with Crippen molar-refractivity contribution in [3.8, 4) is 11.5 Å². The summed E-state index contributed by atoms with van der Waals surface area (Å²) < 4.78 is 10.5. The topological polar surface area (TPSA) is 153 Å². The van der Waals surface area contributed by atoms with Crippen molar-refractivity contribution in [2.24, 2.45) is 0 Å². The largest absolute Gasteiger partial charge is 0.493 e. The Bertz CT molecular complexity index is 1570. The van der Waals surface area contributed by atoms with Gasteiger partial charge in [-0.1, -0.05) is 12.1 Å². The van der Waals surface area contributed by atoms with Crippen LogP contribution in [0.5, 0.6) is 11.5 Å². The monoisotopic (exact) mass is 541 g/mol. The quantitative estimate of drug-likeness (QED) is 0.185. The Balaban J connectivity index is 1.50. The number of nitrogen functional groups attached to an aromatic ring is 1. The van der Waals surface area contributed by atoms with Gasteiger partial charge in [0.1, 0.15) is 11.4 Å². The van der Waals surface area contributed by atoms with Crippen molar-refractivity contribution < 1.29 is 19.1 Å². The van der Waals surface area contributed by atoms with E-state index in [0.717, 1.165) is 16.8 Å². The van der Waals surface area contributed by atoms with Gasteiger partial charge in [-0.15, -0.1) is 0 Å². The number of amides is 2. The van der Waals surface area contributed by atoms with Crippen LogP contribution in [0.3, 0.4) is 0 Å². The van der Waals surface area contributed by atoms with Crippen molar-refractivity contribution in [3.05, 3.63) is 83.0 Å². The minimum atomic E-state index is -0.415. The number of carbonyl (C=O) groups is 2. The number of nitrogens with zero attached hydrogens (tertiary/aromatic N) is 2. The van der Waals surface area contributed by atoms with Crippen molar-refractivity contribution in [1.29, 1.82) is 0 Å². The first-order valence-corrected chi connectivity index (χ1v) is 12.4. The Kier molecular flexibility index (Phi) is 8.33. The number of aryl methyl sites for hydroxylation is 2. The summed E-state index contributed by atoms with van der Waals surface area (Å²) in [6.45, 7) is 3.77. The van der Waals surface area contributed by atoms with Gasteiger partial charge in [0, 0.05) is 41.6 Å². The molecule has 3 aromatic carbocycles. The van der Waals surface area contributed by atoms with Gasteiger partial charge in [0.05, 0.1) is 14.2 Å². The molecule has 4 aromatic rings. The lowest BCUT2D eigenvalue weighted by Crippen LogP contribution is -2.17. The first-order valence-electron chi connectivity index (χ1n) is 12.4. The van der Waals surface area contributed by atoms with Crippen molar-refractivity contribution in [2.45, 2.75) is 13.8 Å². The molecule has 1 heterocycles. The highest BCUT2D eigenvalue weighted by Gasteiger charge is 2.17. The third kappa shape index (κ3) is 6.21. The lowest BCUT2D eigenvalue weighted by molar-refractivity contribution is 0.101. The molecule has 0 aliphatic heterocycles. The molecule has 11 heteroatoms. The van der Waals surface area contributed by atoms with Gasteiger partial charge >= 0.3 is 0 Å². The summed E-state index contributed by atoms with van der Waals surface area (Å²) in [5.74, 6) is 0.853. The molecule has 6 N–H and O–H groups in total. The van der Waals surface area contributed by atoms with Gasteiger partial charge in [0.2, 0.25) is 5.95 Å². The number of methoxy groups -OCH3 is 2. The number of nitrogens with one attached hydrogen (secondary N) is 4. The van der Waals surface area contributed by atoms with Crippen LogP contribution in [0, 0.1) is 13.8 Å². The molecule has 0 atom stereocenters. The molecular formula is C29H31N7O4. The zero-order valence-electron chi connectivity index (χ0n) is 22.9. The highest BCUT2D eigenvalue weighted by molar-refractivity contribution is 6.09. The summed E-state index contributed by atoms with van der Waals surface area (Å²) in [7, 11) is 4.70. The van der Waals surface area contributed by atoms with Crippen molar-refractivity contribution in [1.82, 2.24) is 9.97 Å². The predicted octanol–water partition coefficient (Wildman–Crippen LogP) is 4.98. The van der Waals surface area contributed by atoms with Crippen LogP contribution in [-0.2, 0) is 0 Å². The fourth-order valence-corrected chi connectivity index (χ4v) is 3.85. The Labute approximate surface area is 232 Å². The van der Waals surface area contributed by atoms with Gasteiger partial charge in [0.25, 0.3) is 11.8 Å². The van der Waals surface area contributed by atoms with E-state index in [-0.39, 0.29) is 11.5 Å². The molecule has 0 unspecified atom stereocenters. The SMILES string of the molecule is CNc1nc(Nc2ccc(C)c(N)c2)ncc1C(=O)Nc1cc(NC(=O)c2ccc(OC)c(OC)c2)ccc1C. The molecule has 0 bridgehead atoms. The number of carbonyl (C=O) groups excluding carboxylic acids is 2. The van der Waals surface area contributed by atoms with Gasteiger partial charge < -0.3 is 36.5 Å². The van der Waals surface area contributed by atoms with Crippen LogP contribution in [0.15, 0.2) is 60.8 Å². The second-order valence-electron chi connectivity index (χ2n) is 8.91. The third-order valence-electron chi connectivity index (χ3n) is 6.19. The summed E-state index contributed by atoms with van der Waals surface area (Å²) in [4.78, 5) is 34.8. The van der Waals surface area contributed by atoms with E-state index in [1.165, 1.54) is 20.4 Å². The number of anilines is 6. The summed E-state index contributed by atoms with van der Waals surface area (Å²) in [5.41, 5.74) is 10.8. The molecule has 11 nitrogen and oxygen atoms in total. The van der Waals surface area contributed by atoms with Crippen LogP contribution in [0.4, 0.5) is 34.5 Å². The number of nitrogens with two attached hydrogens (primary N) is 1. The molecule has 206 valence electrons. The predicted molar refractivity (Wildman–Crippen MR) is 157 cm³/mol. The van der Waals surface area contributed by atoms with E-state index in [2.05, 4.69) is 31.2 Å². The van der Waals surface area contributed by atoms with Gasteiger partial charge in [-0.05, 0) is 67.4 Å². The molecule has 40 heavy (non-hydrogen) atoms. The van der Waals surface area contributed by atoms with Gasteiger partial charge in [-0.25, -0.2) is 4.98 Å². The number of hydrogen-bond acceptors (Lipinski definition) is 9. The van der Waals surface area contributed by atoms with Crippen LogP contribution in [0.1, 0.15) is 31.8 Å². The summed E-state index contributed by atoms with van der Waals surface area (Å²) in [6.07, 6.45) is 1.44. The average Bonchev–Trinajstić information content (AvgIpc) is 2.96. The Hall–Kier alpha value is -5.32. The minimum absolute atomic E-state index is 0.246. The summed E-state index contributed by atoms with van der Waals surface area (Å²) in [5, 5.41) is 11.8. The minimum Gasteiger partial charge on any atom is -0.493 e. The Morgan fingerprint density at radius 3 is 2.25 bits per heavy atom. The molecule has 0 radical (unpaired) electrons. The fourth-order valence-electron chi connectivity index (χ4n) is 3.85. The van der Waals surface area contributed by atoms with Gasteiger partial charge in [-0.2, -0.15) is 4.98 Å². The third-order valence-corrected chi connectivity index (χ3v) is 6.19. The average molecular weight is 542 g/mol. The maximum Gasteiger partial charge on any atom is 0.261 e. The second-order valence-corrected chi connectivity index (χ2v) is 8.91. The summed E-state index contributed by atoms with van der Waals surface area (Å²) >= 11 is 0. The van der Waals surface area contributed by atoms with E-state index < -0.39 is 5.91 Å². The molecule has 0 aliphatic carbocycles. The van der Waals surface area contributed by atoms with Crippen LogP contribution >= 0.6 is 0 Å². The van der Waals surface area contributed by atoms with Gasteiger partial charge in [0.15, 0.2) is 11.5 Å². The smallest absolute Gasteiger partial charge is 0.261 e. The molecule has 0 saturated heterocycles. The number of ether oxygens (including phenoxy) is 2. The number of benzene rings is 3. The van der Waals surface area contributed by atoms with E-state index in [9.17, 15) is 9.59 Å². The van der Waals surface area contributed by atoms with Crippen LogP contribution in [0.25, 0.3) is 0 Å². The lowest BCUT2D eigenvalue weighted by Gasteiger charge is -2.14. The highest BCUT2D eigenvalue weighted by atomic mass is 16.5. The van der Waals surface area contributed by atoms with Crippen LogP contribution in [0.2, 0.25) is 0 Å². The van der Waals surface area contributed by atoms with Crippen LogP contribution in [-0.4, -0.2) is 43.0 Å². The van der Waals surface area contributed by atoms with Crippen molar-refractivity contribution in [2.75, 3.05) is 48.3 Å². The van der Waals surface area contributed by atoms with E-state index in [4.69, 9.17) is 15.2 Å². The lowest BCUT2D eigenvalue weighted by atomic mass is 10.1. The van der Waals surface area contributed by atoms with E-state index in [1.54, 1.807) is 49.5 Å². The molecule has 0 spiro atoms. The number of hydrogen-bond donors (Lipinski definition) is 5. The van der Waals surface area contributed by atoms with E-state index >= 15 is 0 Å². The number of aromatic nitrogens is 2. The maximum absolute atomic E-state index is 13.2. The first-order chi connectivity index (χ1) is 19.2. The fraction of sp³-hybridized carbons (Fsp3) is 0.172. The van der Waals surface area contributed by atoms with Crippen LogP contribution < -0.4 is 36.5 Å². The molecule has 1 aromatic heterocycles. The Morgan fingerprint density at radius 1 is 0.825 bits per heavy atom. The van der Waals surface area contributed by atoms with Gasteiger partial charge in [-0.3, -0.25) is 9.59 Å². The number of rotatable bonds is 9. The molecule has 0 aliphatic rings. The zero-order valence-corrected chi connectivity index (χ0v) is 22.9. The normalized spacial score (nSPS) is 10.4. The molecule has 0 saturated carbocycles. The van der Waals surface area contributed by atoms with Crippen molar-refractivity contribution >= 4 is 46.3 Å². The Morgan fingerprint density at radius 2 is 1.55 bits per heavy atom. The first kappa shape index (κ1) is 27.7. The van der Waals surface area contributed by atoms with Crippen molar-refractivity contribution in [3.63, 3.8) is 0 Å². The summed E-state index contributed by atoms with van der Waals surface area (Å²) in [6, 6.07) is 15.7. The maximum atomic E-state index is 13.2. The standard InChI is InChI=1S/C29H31N7O4/c1-16-6-9-19(13-22(16)30)34-29-32-15-21(26(31-3)36-29)28(38)35-23-14-20(10-7-17(23)2)33-27(37)18-8-11-24(39-4)25(12-18)40-5/h6-15H,30H2,1-5H3,(H,33,37)(H,35,38)(H2,31,32,34,36).